The topological polar surface area (TPSA) is 34.4 Å². The molecule has 0 spiro atoms. The summed E-state index contributed by atoms with van der Waals surface area (Å²) in [5.41, 5.74) is 0. The summed E-state index contributed by atoms with van der Waals surface area (Å²) < 4.78 is 10.5. The van der Waals surface area contributed by atoms with Crippen molar-refractivity contribution in [2.75, 3.05) is 20.3 Å². The minimum absolute atomic E-state index is 0.164. The first-order valence-electron chi connectivity index (χ1n) is 4.99. The van der Waals surface area contributed by atoms with Gasteiger partial charge in [-0.05, 0) is 24.6 Å². The Balaban J connectivity index is 2.47. The zero-order valence-electron chi connectivity index (χ0n) is 9.12. The number of furan rings is 1. The van der Waals surface area contributed by atoms with Crippen molar-refractivity contribution in [1.29, 1.82) is 0 Å². The molecule has 0 amide bonds. The Labute approximate surface area is 85.4 Å². The molecule has 0 saturated heterocycles. The molecule has 0 fully saturated rings. The minimum Gasteiger partial charge on any atom is -0.468 e. The molecule has 1 rings (SSSR count). The van der Waals surface area contributed by atoms with Gasteiger partial charge in [-0.15, -0.1) is 0 Å². The maximum Gasteiger partial charge on any atom is 0.123 e. The van der Waals surface area contributed by atoms with E-state index in [1.54, 1.807) is 13.4 Å². The summed E-state index contributed by atoms with van der Waals surface area (Å²) in [5.74, 6) is 1.57. The number of hydrogen-bond acceptors (Lipinski definition) is 3. The van der Waals surface area contributed by atoms with Crippen LogP contribution in [0.4, 0.5) is 0 Å². The van der Waals surface area contributed by atoms with Gasteiger partial charge in [-0.3, -0.25) is 0 Å². The highest BCUT2D eigenvalue weighted by Crippen LogP contribution is 2.13. The van der Waals surface area contributed by atoms with E-state index in [0.717, 1.165) is 12.3 Å². The van der Waals surface area contributed by atoms with E-state index in [1.807, 2.05) is 12.1 Å². The summed E-state index contributed by atoms with van der Waals surface area (Å²) in [4.78, 5) is 0. The quantitative estimate of drug-likeness (QED) is 0.759. The molecule has 1 unspecified atom stereocenters. The normalized spacial score (nSPS) is 13.4. The highest BCUT2D eigenvalue weighted by molar-refractivity contribution is 5.04. The van der Waals surface area contributed by atoms with Gasteiger partial charge in [0.25, 0.3) is 0 Å². The fourth-order valence-electron chi connectivity index (χ4n) is 1.28. The Morgan fingerprint density at radius 1 is 1.50 bits per heavy atom. The molecular weight excluding hydrogens is 178 g/mol. The molecule has 0 aliphatic heterocycles. The van der Waals surface area contributed by atoms with Crippen molar-refractivity contribution in [2.24, 2.45) is 5.92 Å². The standard InChI is InChI=1S/C11H19NO2/c1-9(2)7-12-10(8-13-3)11-5-4-6-14-11/h4-6,9-10,12H,7-8H2,1-3H3. The van der Waals surface area contributed by atoms with Gasteiger partial charge < -0.3 is 14.5 Å². The van der Waals surface area contributed by atoms with Gasteiger partial charge in [-0.25, -0.2) is 0 Å². The van der Waals surface area contributed by atoms with E-state index in [9.17, 15) is 0 Å². The number of methoxy groups -OCH3 is 1. The van der Waals surface area contributed by atoms with Crippen molar-refractivity contribution in [3.05, 3.63) is 24.2 Å². The van der Waals surface area contributed by atoms with Crippen LogP contribution in [-0.2, 0) is 4.74 Å². The van der Waals surface area contributed by atoms with Gasteiger partial charge in [0.2, 0.25) is 0 Å². The second-order valence-corrected chi connectivity index (χ2v) is 3.83. The monoisotopic (exact) mass is 197 g/mol. The molecule has 3 nitrogen and oxygen atoms in total. The van der Waals surface area contributed by atoms with Crippen LogP contribution in [0.25, 0.3) is 0 Å². The van der Waals surface area contributed by atoms with E-state index >= 15 is 0 Å². The van der Waals surface area contributed by atoms with Crippen LogP contribution in [0, 0.1) is 5.92 Å². The molecule has 0 aliphatic carbocycles. The Bertz CT molecular complexity index is 231. The van der Waals surface area contributed by atoms with Crippen LogP contribution in [-0.4, -0.2) is 20.3 Å². The van der Waals surface area contributed by atoms with Gasteiger partial charge in [0, 0.05) is 7.11 Å². The first kappa shape index (κ1) is 11.3. The SMILES string of the molecule is COCC(NCC(C)C)c1ccco1. The molecule has 0 aromatic carbocycles. The van der Waals surface area contributed by atoms with Crippen molar-refractivity contribution in [1.82, 2.24) is 5.32 Å². The second-order valence-electron chi connectivity index (χ2n) is 3.83. The molecule has 0 bridgehead atoms. The maximum atomic E-state index is 5.34. The number of nitrogens with one attached hydrogen (secondary N) is 1. The maximum absolute atomic E-state index is 5.34. The zero-order chi connectivity index (χ0) is 10.4. The molecule has 1 heterocycles. The Morgan fingerprint density at radius 2 is 2.29 bits per heavy atom. The van der Waals surface area contributed by atoms with Crippen LogP contribution < -0.4 is 5.32 Å². The Kier molecular flexibility index (Phi) is 4.70. The molecular formula is C11H19NO2. The van der Waals surface area contributed by atoms with Gasteiger partial charge in [-0.2, -0.15) is 0 Å². The summed E-state index contributed by atoms with van der Waals surface area (Å²) in [7, 11) is 1.70. The van der Waals surface area contributed by atoms with Crippen molar-refractivity contribution >= 4 is 0 Å². The molecule has 0 aliphatic rings. The third kappa shape index (κ3) is 3.52. The molecule has 1 atom stereocenters. The first-order valence-corrected chi connectivity index (χ1v) is 4.99. The average Bonchev–Trinajstić information content (AvgIpc) is 2.64. The molecule has 0 radical (unpaired) electrons. The van der Waals surface area contributed by atoms with Crippen molar-refractivity contribution < 1.29 is 9.15 Å². The lowest BCUT2D eigenvalue weighted by Gasteiger charge is -2.16. The Hall–Kier alpha value is -0.800. The van der Waals surface area contributed by atoms with Crippen LogP contribution in [0.3, 0.4) is 0 Å². The van der Waals surface area contributed by atoms with E-state index in [1.165, 1.54) is 0 Å². The summed E-state index contributed by atoms with van der Waals surface area (Å²) >= 11 is 0. The van der Waals surface area contributed by atoms with Crippen molar-refractivity contribution in [2.45, 2.75) is 19.9 Å². The van der Waals surface area contributed by atoms with Crippen LogP contribution in [0.15, 0.2) is 22.8 Å². The molecule has 80 valence electrons. The average molecular weight is 197 g/mol. The Morgan fingerprint density at radius 3 is 2.79 bits per heavy atom. The van der Waals surface area contributed by atoms with E-state index < -0.39 is 0 Å². The number of ether oxygens (including phenoxy) is 1. The van der Waals surface area contributed by atoms with Crippen LogP contribution in [0.2, 0.25) is 0 Å². The second kappa shape index (κ2) is 5.83. The highest BCUT2D eigenvalue weighted by Gasteiger charge is 2.13. The van der Waals surface area contributed by atoms with Crippen LogP contribution >= 0.6 is 0 Å². The fraction of sp³-hybridized carbons (Fsp3) is 0.636. The van der Waals surface area contributed by atoms with Gasteiger partial charge in [0.15, 0.2) is 0 Å². The van der Waals surface area contributed by atoms with Gasteiger partial charge in [-0.1, -0.05) is 13.8 Å². The lowest BCUT2D eigenvalue weighted by atomic mass is 10.2. The fourth-order valence-corrected chi connectivity index (χ4v) is 1.28. The molecule has 14 heavy (non-hydrogen) atoms. The molecule has 0 saturated carbocycles. The van der Waals surface area contributed by atoms with Gasteiger partial charge in [0.1, 0.15) is 5.76 Å². The third-order valence-corrected chi connectivity index (χ3v) is 1.99. The molecule has 1 N–H and O–H groups in total. The van der Waals surface area contributed by atoms with E-state index in [2.05, 4.69) is 19.2 Å². The van der Waals surface area contributed by atoms with E-state index in [0.29, 0.717) is 12.5 Å². The van der Waals surface area contributed by atoms with Crippen molar-refractivity contribution in [3.63, 3.8) is 0 Å². The van der Waals surface area contributed by atoms with Gasteiger partial charge in [0.05, 0.1) is 18.9 Å². The lowest BCUT2D eigenvalue weighted by Crippen LogP contribution is -2.28. The summed E-state index contributed by atoms with van der Waals surface area (Å²) in [5, 5.41) is 3.40. The summed E-state index contributed by atoms with van der Waals surface area (Å²) in [6.07, 6.45) is 1.69. The van der Waals surface area contributed by atoms with Crippen LogP contribution in [0.1, 0.15) is 25.6 Å². The van der Waals surface area contributed by atoms with Gasteiger partial charge >= 0.3 is 0 Å². The number of rotatable bonds is 6. The zero-order valence-corrected chi connectivity index (χ0v) is 9.12. The van der Waals surface area contributed by atoms with Crippen LogP contribution in [0.5, 0.6) is 0 Å². The number of hydrogen-bond donors (Lipinski definition) is 1. The smallest absolute Gasteiger partial charge is 0.123 e. The summed E-state index contributed by atoms with van der Waals surface area (Å²) in [6, 6.07) is 4.03. The largest absolute Gasteiger partial charge is 0.468 e. The first-order chi connectivity index (χ1) is 6.74. The molecule has 1 aromatic rings. The lowest BCUT2D eigenvalue weighted by molar-refractivity contribution is 0.155. The van der Waals surface area contributed by atoms with Crippen molar-refractivity contribution in [3.8, 4) is 0 Å². The molecule has 1 aromatic heterocycles. The third-order valence-electron chi connectivity index (χ3n) is 1.99. The predicted molar refractivity (Wildman–Crippen MR) is 56.2 cm³/mol. The highest BCUT2D eigenvalue weighted by atomic mass is 16.5. The predicted octanol–water partition coefficient (Wildman–Crippen LogP) is 2.21. The molecule has 3 heteroatoms. The summed E-state index contributed by atoms with van der Waals surface area (Å²) in [6.45, 7) is 5.97. The minimum atomic E-state index is 0.164. The van der Waals surface area contributed by atoms with E-state index in [-0.39, 0.29) is 6.04 Å². The van der Waals surface area contributed by atoms with E-state index in [4.69, 9.17) is 9.15 Å².